The molecular formula is C13H29N3O. The highest BCUT2D eigenvalue weighted by molar-refractivity contribution is 5.79. The van der Waals surface area contributed by atoms with Gasteiger partial charge in [-0.05, 0) is 18.8 Å². The minimum atomic E-state index is 0.586. The molecule has 4 nitrogen and oxygen atoms in total. The smallest absolute Gasteiger partial charge is 0.191 e. The van der Waals surface area contributed by atoms with Crippen molar-refractivity contribution in [3.63, 3.8) is 0 Å². The van der Waals surface area contributed by atoms with E-state index in [-0.39, 0.29) is 0 Å². The van der Waals surface area contributed by atoms with Crippen molar-refractivity contribution in [2.24, 2.45) is 16.8 Å². The van der Waals surface area contributed by atoms with Gasteiger partial charge in [0.2, 0.25) is 0 Å². The van der Waals surface area contributed by atoms with Crippen LogP contribution in [0.3, 0.4) is 0 Å². The van der Waals surface area contributed by atoms with Crippen LogP contribution in [-0.4, -0.2) is 38.8 Å². The summed E-state index contributed by atoms with van der Waals surface area (Å²) < 4.78 is 5.50. The maximum absolute atomic E-state index is 5.50. The summed E-state index contributed by atoms with van der Waals surface area (Å²) in [5, 5.41) is 6.48. The summed E-state index contributed by atoms with van der Waals surface area (Å²) in [5.41, 5.74) is 0. The predicted octanol–water partition coefficient (Wildman–Crippen LogP) is 1.87. The number of aliphatic imine (C=N–C) groups is 1. The first-order valence-electron chi connectivity index (χ1n) is 6.66. The van der Waals surface area contributed by atoms with E-state index < -0.39 is 0 Å². The molecular weight excluding hydrogens is 214 g/mol. The second-order valence-corrected chi connectivity index (χ2v) is 5.01. The van der Waals surface area contributed by atoms with Gasteiger partial charge >= 0.3 is 0 Å². The Hall–Kier alpha value is -0.770. The Morgan fingerprint density at radius 2 is 1.82 bits per heavy atom. The summed E-state index contributed by atoms with van der Waals surface area (Å²) >= 11 is 0. The van der Waals surface area contributed by atoms with Gasteiger partial charge in [0.05, 0.1) is 6.61 Å². The normalized spacial score (nSPS) is 12.3. The summed E-state index contributed by atoms with van der Waals surface area (Å²) in [5.74, 6) is 2.06. The van der Waals surface area contributed by atoms with Crippen molar-refractivity contribution in [3.8, 4) is 0 Å². The predicted molar refractivity (Wildman–Crippen MR) is 74.5 cm³/mol. The van der Waals surface area contributed by atoms with Crippen molar-refractivity contribution >= 4 is 5.96 Å². The van der Waals surface area contributed by atoms with E-state index in [9.17, 15) is 0 Å². The molecule has 0 rings (SSSR count). The van der Waals surface area contributed by atoms with Crippen molar-refractivity contribution in [1.29, 1.82) is 0 Å². The summed E-state index contributed by atoms with van der Waals surface area (Å²) in [7, 11) is 0. The van der Waals surface area contributed by atoms with Crippen LogP contribution in [0.1, 0.15) is 34.6 Å². The molecule has 0 aliphatic heterocycles. The molecule has 0 aromatic carbocycles. The third-order valence-corrected chi connectivity index (χ3v) is 1.95. The van der Waals surface area contributed by atoms with Crippen LogP contribution in [0.15, 0.2) is 4.99 Å². The lowest BCUT2D eigenvalue weighted by molar-refractivity contribution is 0.114. The SMILES string of the molecule is CCNC(=NCC(C)C)NCCOCC(C)C. The standard InChI is InChI=1S/C13H29N3O/c1-6-14-13(16-9-11(2)3)15-7-8-17-10-12(4)5/h11-12H,6-10H2,1-5H3,(H2,14,15,16). The Morgan fingerprint density at radius 3 is 2.35 bits per heavy atom. The number of guanidine groups is 1. The Balaban J connectivity index is 3.73. The summed E-state index contributed by atoms with van der Waals surface area (Å²) in [6.07, 6.45) is 0. The van der Waals surface area contributed by atoms with E-state index in [4.69, 9.17) is 4.74 Å². The fraction of sp³-hybridized carbons (Fsp3) is 0.923. The van der Waals surface area contributed by atoms with Gasteiger partial charge in [0.1, 0.15) is 0 Å². The Morgan fingerprint density at radius 1 is 1.12 bits per heavy atom. The molecule has 0 saturated heterocycles. The number of hydrogen-bond acceptors (Lipinski definition) is 2. The average molecular weight is 243 g/mol. The first-order chi connectivity index (χ1) is 8.06. The second-order valence-electron chi connectivity index (χ2n) is 5.01. The van der Waals surface area contributed by atoms with Gasteiger partial charge in [0.15, 0.2) is 5.96 Å². The lowest BCUT2D eigenvalue weighted by atomic mass is 10.2. The quantitative estimate of drug-likeness (QED) is 0.389. The molecule has 0 aromatic rings. The summed E-state index contributed by atoms with van der Waals surface area (Å²) in [6.45, 7) is 14.8. The van der Waals surface area contributed by atoms with Crippen LogP contribution < -0.4 is 10.6 Å². The number of ether oxygens (including phenoxy) is 1. The molecule has 0 fully saturated rings. The second kappa shape index (κ2) is 10.4. The maximum atomic E-state index is 5.50. The van der Waals surface area contributed by atoms with Crippen molar-refractivity contribution in [1.82, 2.24) is 10.6 Å². The fourth-order valence-corrected chi connectivity index (χ4v) is 1.18. The molecule has 0 spiro atoms. The third-order valence-electron chi connectivity index (χ3n) is 1.95. The van der Waals surface area contributed by atoms with Gasteiger partial charge in [-0.15, -0.1) is 0 Å². The van der Waals surface area contributed by atoms with E-state index in [1.807, 2.05) is 0 Å². The topological polar surface area (TPSA) is 45.7 Å². The van der Waals surface area contributed by atoms with Crippen molar-refractivity contribution < 1.29 is 4.74 Å². The number of nitrogens with zero attached hydrogens (tertiary/aromatic N) is 1. The molecule has 102 valence electrons. The van der Waals surface area contributed by atoms with Crippen LogP contribution in [0.5, 0.6) is 0 Å². The summed E-state index contributed by atoms with van der Waals surface area (Å²) in [4.78, 5) is 4.48. The Labute approximate surface area is 106 Å². The Kier molecular flexibility index (Phi) is 9.92. The molecule has 17 heavy (non-hydrogen) atoms. The third kappa shape index (κ3) is 11.5. The first-order valence-corrected chi connectivity index (χ1v) is 6.66. The Bertz CT molecular complexity index is 203. The fourth-order valence-electron chi connectivity index (χ4n) is 1.18. The molecule has 2 N–H and O–H groups in total. The van der Waals surface area contributed by atoms with Gasteiger partial charge in [-0.3, -0.25) is 4.99 Å². The molecule has 0 radical (unpaired) electrons. The van der Waals surface area contributed by atoms with Gasteiger partial charge < -0.3 is 15.4 Å². The zero-order chi connectivity index (χ0) is 13.1. The van der Waals surface area contributed by atoms with Gasteiger partial charge in [-0.1, -0.05) is 27.7 Å². The highest BCUT2D eigenvalue weighted by Crippen LogP contribution is 1.92. The van der Waals surface area contributed by atoms with Crippen molar-refractivity contribution in [2.45, 2.75) is 34.6 Å². The average Bonchev–Trinajstić information content (AvgIpc) is 2.24. The molecule has 0 aromatic heterocycles. The zero-order valence-corrected chi connectivity index (χ0v) is 12.0. The molecule has 0 heterocycles. The van der Waals surface area contributed by atoms with Crippen molar-refractivity contribution in [2.75, 3.05) is 32.8 Å². The molecule has 0 saturated carbocycles. The molecule has 0 unspecified atom stereocenters. The molecule has 0 aliphatic rings. The van der Waals surface area contributed by atoms with E-state index >= 15 is 0 Å². The molecule has 4 heteroatoms. The lowest BCUT2D eigenvalue weighted by Gasteiger charge is -2.12. The van der Waals surface area contributed by atoms with Crippen molar-refractivity contribution in [3.05, 3.63) is 0 Å². The minimum absolute atomic E-state index is 0.586. The van der Waals surface area contributed by atoms with E-state index in [1.54, 1.807) is 0 Å². The summed E-state index contributed by atoms with van der Waals surface area (Å²) in [6, 6.07) is 0. The largest absolute Gasteiger partial charge is 0.379 e. The van der Waals surface area contributed by atoms with Gasteiger partial charge in [0, 0.05) is 26.2 Å². The monoisotopic (exact) mass is 243 g/mol. The number of nitrogens with one attached hydrogen (secondary N) is 2. The first kappa shape index (κ1) is 16.2. The molecule has 0 aliphatic carbocycles. The van der Waals surface area contributed by atoms with Gasteiger partial charge in [0.25, 0.3) is 0 Å². The van der Waals surface area contributed by atoms with E-state index in [2.05, 4.69) is 50.2 Å². The number of rotatable bonds is 8. The number of hydrogen-bond donors (Lipinski definition) is 2. The maximum Gasteiger partial charge on any atom is 0.191 e. The van der Waals surface area contributed by atoms with Crippen LogP contribution in [0.25, 0.3) is 0 Å². The lowest BCUT2D eigenvalue weighted by Crippen LogP contribution is -2.39. The van der Waals surface area contributed by atoms with E-state index in [0.29, 0.717) is 11.8 Å². The molecule has 0 atom stereocenters. The van der Waals surface area contributed by atoms with Crippen LogP contribution in [0, 0.1) is 11.8 Å². The minimum Gasteiger partial charge on any atom is -0.379 e. The van der Waals surface area contributed by atoms with E-state index in [0.717, 1.165) is 38.8 Å². The van der Waals surface area contributed by atoms with E-state index in [1.165, 1.54) is 0 Å². The molecule has 0 amide bonds. The van der Waals surface area contributed by atoms with Crippen LogP contribution in [-0.2, 0) is 4.74 Å². The van der Waals surface area contributed by atoms with Crippen LogP contribution in [0.4, 0.5) is 0 Å². The highest BCUT2D eigenvalue weighted by Gasteiger charge is 1.98. The molecule has 0 bridgehead atoms. The van der Waals surface area contributed by atoms with Crippen LogP contribution in [0.2, 0.25) is 0 Å². The van der Waals surface area contributed by atoms with Crippen LogP contribution >= 0.6 is 0 Å². The van der Waals surface area contributed by atoms with Gasteiger partial charge in [-0.2, -0.15) is 0 Å². The highest BCUT2D eigenvalue weighted by atomic mass is 16.5. The zero-order valence-electron chi connectivity index (χ0n) is 12.0. The van der Waals surface area contributed by atoms with Gasteiger partial charge in [-0.25, -0.2) is 0 Å².